The number of carbonyl (C=O) groups is 1. The molecular formula is C24H17ClF4N6O3. The Labute approximate surface area is 217 Å². The zero-order valence-corrected chi connectivity index (χ0v) is 20.1. The Balaban J connectivity index is 1.55. The van der Waals surface area contributed by atoms with Crippen molar-refractivity contribution < 1.29 is 31.8 Å². The molecule has 4 aromatic rings. The van der Waals surface area contributed by atoms with E-state index in [0.29, 0.717) is 17.3 Å². The number of halogens is 5. The van der Waals surface area contributed by atoms with Gasteiger partial charge in [-0.2, -0.15) is 22.5 Å². The SMILES string of the molecule is CNc1ncnc(-c2cccnc2Oc2ccc(Cl)c(NC(=O)c3cccc(OC(F)(F)C(F)F)c3)c2)n1. The number of benzene rings is 2. The molecule has 196 valence electrons. The van der Waals surface area contributed by atoms with Crippen molar-refractivity contribution in [2.45, 2.75) is 12.5 Å². The van der Waals surface area contributed by atoms with Crippen LogP contribution in [0.4, 0.5) is 29.2 Å². The van der Waals surface area contributed by atoms with Gasteiger partial charge in [0, 0.05) is 24.9 Å². The summed E-state index contributed by atoms with van der Waals surface area (Å²) in [5, 5.41) is 5.48. The minimum absolute atomic E-state index is 0.119. The minimum Gasteiger partial charge on any atom is -0.438 e. The fourth-order valence-electron chi connectivity index (χ4n) is 3.06. The summed E-state index contributed by atoms with van der Waals surface area (Å²) in [6.45, 7) is 0. The van der Waals surface area contributed by atoms with Gasteiger partial charge in [0.15, 0.2) is 5.82 Å². The number of ether oxygens (including phenoxy) is 2. The zero-order chi connectivity index (χ0) is 27.3. The van der Waals surface area contributed by atoms with Crippen LogP contribution in [0.3, 0.4) is 0 Å². The van der Waals surface area contributed by atoms with Crippen molar-refractivity contribution in [2.75, 3.05) is 17.7 Å². The summed E-state index contributed by atoms with van der Waals surface area (Å²) in [5.74, 6) is -0.346. The molecule has 0 saturated heterocycles. The van der Waals surface area contributed by atoms with Gasteiger partial charge in [-0.05, 0) is 42.5 Å². The predicted molar refractivity (Wildman–Crippen MR) is 130 cm³/mol. The number of nitrogens with one attached hydrogen (secondary N) is 2. The van der Waals surface area contributed by atoms with Crippen molar-refractivity contribution in [3.8, 4) is 28.8 Å². The zero-order valence-electron chi connectivity index (χ0n) is 19.3. The molecule has 0 fully saturated rings. The molecule has 38 heavy (non-hydrogen) atoms. The number of nitrogens with zero attached hydrogens (tertiary/aromatic N) is 4. The highest BCUT2D eigenvalue weighted by molar-refractivity contribution is 6.34. The number of carbonyl (C=O) groups excluding carboxylic acids is 1. The minimum atomic E-state index is -4.72. The van der Waals surface area contributed by atoms with Gasteiger partial charge in [0.1, 0.15) is 17.8 Å². The molecule has 0 radical (unpaired) electrons. The highest BCUT2D eigenvalue weighted by Crippen LogP contribution is 2.34. The van der Waals surface area contributed by atoms with Crippen molar-refractivity contribution in [3.63, 3.8) is 0 Å². The second-order valence-electron chi connectivity index (χ2n) is 7.43. The first-order valence-corrected chi connectivity index (χ1v) is 11.1. The lowest BCUT2D eigenvalue weighted by Crippen LogP contribution is -2.33. The van der Waals surface area contributed by atoms with Gasteiger partial charge in [-0.3, -0.25) is 4.79 Å². The third-order valence-corrected chi connectivity index (χ3v) is 5.14. The molecular weight excluding hydrogens is 532 g/mol. The van der Waals surface area contributed by atoms with Crippen molar-refractivity contribution in [3.05, 3.63) is 77.7 Å². The van der Waals surface area contributed by atoms with E-state index in [0.717, 1.165) is 12.1 Å². The molecule has 0 unspecified atom stereocenters. The van der Waals surface area contributed by atoms with Gasteiger partial charge in [0.2, 0.25) is 11.8 Å². The lowest BCUT2D eigenvalue weighted by atomic mass is 10.2. The van der Waals surface area contributed by atoms with E-state index in [-0.39, 0.29) is 27.9 Å². The van der Waals surface area contributed by atoms with E-state index in [2.05, 4.69) is 35.3 Å². The van der Waals surface area contributed by atoms with Crippen LogP contribution < -0.4 is 20.1 Å². The van der Waals surface area contributed by atoms with Crippen molar-refractivity contribution >= 4 is 29.1 Å². The fraction of sp³-hybridized carbons (Fsp3) is 0.125. The molecule has 0 aliphatic rings. The van der Waals surface area contributed by atoms with Crippen molar-refractivity contribution in [1.29, 1.82) is 0 Å². The van der Waals surface area contributed by atoms with Gasteiger partial charge in [-0.1, -0.05) is 17.7 Å². The predicted octanol–water partition coefficient (Wildman–Crippen LogP) is 5.91. The van der Waals surface area contributed by atoms with E-state index < -0.39 is 24.2 Å². The van der Waals surface area contributed by atoms with E-state index in [9.17, 15) is 22.4 Å². The first-order chi connectivity index (χ1) is 18.2. The van der Waals surface area contributed by atoms with Crippen molar-refractivity contribution in [2.24, 2.45) is 0 Å². The van der Waals surface area contributed by atoms with Gasteiger partial charge < -0.3 is 20.1 Å². The van der Waals surface area contributed by atoms with Crippen LogP contribution in [0.15, 0.2) is 67.1 Å². The Morgan fingerprint density at radius 3 is 2.61 bits per heavy atom. The highest BCUT2D eigenvalue weighted by Gasteiger charge is 2.44. The standard InChI is InChI=1S/C24H17ClF4N6O3/c1-30-23-33-12-32-19(35-23)16-6-3-9-31-21(16)37-14-7-8-17(25)18(11-14)34-20(36)13-4-2-5-15(10-13)38-24(28,29)22(26)27/h2-12,22H,1H3,(H,34,36)(H,30,32,33,35). The summed E-state index contributed by atoms with van der Waals surface area (Å²) >= 11 is 6.22. The summed E-state index contributed by atoms with van der Waals surface area (Å²) in [7, 11) is 1.66. The van der Waals surface area contributed by atoms with E-state index in [1.165, 1.54) is 42.9 Å². The first-order valence-electron chi connectivity index (χ1n) is 10.7. The summed E-state index contributed by atoms with van der Waals surface area (Å²) in [4.78, 5) is 29.4. The van der Waals surface area contributed by atoms with E-state index in [4.69, 9.17) is 16.3 Å². The number of pyridine rings is 1. The smallest absolute Gasteiger partial charge is 0.438 e. The van der Waals surface area contributed by atoms with E-state index >= 15 is 0 Å². The summed E-state index contributed by atoms with van der Waals surface area (Å²) in [5.41, 5.74) is 0.440. The maximum atomic E-state index is 13.2. The van der Waals surface area contributed by atoms with Crippen LogP contribution >= 0.6 is 11.6 Å². The van der Waals surface area contributed by atoms with E-state index in [1.54, 1.807) is 19.2 Å². The lowest BCUT2D eigenvalue weighted by molar-refractivity contribution is -0.253. The average molecular weight is 549 g/mol. The van der Waals surface area contributed by atoms with Crippen LogP contribution in [0.2, 0.25) is 5.02 Å². The maximum Gasteiger partial charge on any atom is 0.461 e. The quantitative estimate of drug-likeness (QED) is 0.248. The van der Waals surface area contributed by atoms with Crippen LogP contribution in [0.5, 0.6) is 17.4 Å². The summed E-state index contributed by atoms with van der Waals surface area (Å²) in [6, 6.07) is 12.2. The third kappa shape index (κ3) is 6.24. The Kier molecular flexibility index (Phi) is 7.86. The average Bonchev–Trinajstić information content (AvgIpc) is 2.90. The van der Waals surface area contributed by atoms with Gasteiger partial charge >= 0.3 is 12.5 Å². The summed E-state index contributed by atoms with van der Waals surface area (Å²) in [6.07, 6.45) is -5.93. The Morgan fingerprint density at radius 2 is 1.84 bits per heavy atom. The monoisotopic (exact) mass is 548 g/mol. The van der Waals surface area contributed by atoms with Gasteiger partial charge in [-0.15, -0.1) is 0 Å². The molecule has 4 rings (SSSR count). The van der Waals surface area contributed by atoms with Crippen LogP contribution in [-0.2, 0) is 0 Å². The molecule has 14 heteroatoms. The van der Waals surface area contributed by atoms with Crippen molar-refractivity contribution in [1.82, 2.24) is 19.9 Å². The number of amides is 1. The molecule has 0 aliphatic carbocycles. The van der Waals surface area contributed by atoms with Crippen LogP contribution in [-0.4, -0.2) is 45.4 Å². The van der Waals surface area contributed by atoms with Crippen LogP contribution in [0.25, 0.3) is 11.4 Å². The number of aromatic nitrogens is 4. The Hall–Kier alpha value is -4.52. The second kappa shape index (κ2) is 11.3. The fourth-order valence-corrected chi connectivity index (χ4v) is 3.23. The topological polar surface area (TPSA) is 111 Å². The van der Waals surface area contributed by atoms with Gasteiger partial charge in [0.25, 0.3) is 5.91 Å². The molecule has 0 spiro atoms. The first kappa shape index (κ1) is 26.5. The maximum absolute atomic E-state index is 13.2. The molecule has 0 bridgehead atoms. The molecule has 2 heterocycles. The summed E-state index contributed by atoms with van der Waals surface area (Å²) < 4.78 is 61.3. The van der Waals surface area contributed by atoms with Crippen LogP contribution in [0, 0.1) is 0 Å². The van der Waals surface area contributed by atoms with Gasteiger partial charge in [0.05, 0.1) is 16.3 Å². The molecule has 2 N–H and O–H groups in total. The molecule has 2 aromatic heterocycles. The number of anilines is 2. The molecule has 0 saturated carbocycles. The molecule has 0 aliphatic heterocycles. The van der Waals surface area contributed by atoms with E-state index in [1.807, 2.05) is 0 Å². The molecule has 9 nitrogen and oxygen atoms in total. The largest absolute Gasteiger partial charge is 0.461 e. The molecule has 1 amide bonds. The Bertz CT molecular complexity index is 1460. The molecule has 2 aromatic carbocycles. The van der Waals surface area contributed by atoms with Gasteiger partial charge in [-0.25, -0.2) is 15.0 Å². The van der Waals surface area contributed by atoms with Crippen LogP contribution in [0.1, 0.15) is 10.4 Å². The number of rotatable bonds is 9. The second-order valence-corrected chi connectivity index (χ2v) is 7.84. The lowest BCUT2D eigenvalue weighted by Gasteiger charge is -2.17. The third-order valence-electron chi connectivity index (χ3n) is 4.81. The molecule has 0 atom stereocenters. The normalized spacial score (nSPS) is 11.2. The number of hydrogen-bond acceptors (Lipinski definition) is 8. The Morgan fingerprint density at radius 1 is 1.03 bits per heavy atom. The number of alkyl halides is 4. The number of hydrogen-bond donors (Lipinski definition) is 2. The highest BCUT2D eigenvalue weighted by atomic mass is 35.5.